The van der Waals surface area contributed by atoms with Crippen molar-refractivity contribution in [2.75, 3.05) is 37.4 Å². The fraction of sp³-hybridized carbons (Fsp3) is 1.00. The molecular weight excluding hydrogens is 254 g/mol. The van der Waals surface area contributed by atoms with E-state index in [0.29, 0.717) is 6.26 Å². The van der Waals surface area contributed by atoms with Crippen molar-refractivity contribution in [1.82, 2.24) is 4.90 Å². The summed E-state index contributed by atoms with van der Waals surface area (Å²) in [6.45, 7) is 5.98. The van der Waals surface area contributed by atoms with Crippen LogP contribution in [-0.2, 0) is 10.1 Å². The number of hydrogen-bond acceptors (Lipinski definition) is 5. The molecule has 1 aliphatic heterocycles. The zero-order valence-corrected chi connectivity index (χ0v) is 11.6. The minimum Gasteiger partial charge on any atom is -0.301 e. The molecule has 1 rings (SSSR count). The average Bonchev–Trinajstić information content (AvgIpc) is 2.01. The van der Waals surface area contributed by atoms with Gasteiger partial charge in [-0.15, -0.1) is 0 Å². The van der Waals surface area contributed by atoms with Crippen LogP contribution in [0.5, 0.6) is 0 Å². The van der Waals surface area contributed by atoms with Gasteiger partial charge < -0.3 is 4.90 Å². The van der Waals surface area contributed by atoms with Crippen molar-refractivity contribution in [2.24, 2.45) is 0 Å². The van der Waals surface area contributed by atoms with Gasteiger partial charge in [-0.05, 0) is 0 Å². The van der Waals surface area contributed by atoms with E-state index in [-0.39, 0.29) is 0 Å². The van der Waals surface area contributed by atoms with Crippen LogP contribution in [0, 0.1) is 0 Å². The van der Waals surface area contributed by atoms with Gasteiger partial charge in [-0.25, -0.2) is 0 Å². The second kappa shape index (κ2) is 7.78. The Morgan fingerprint density at radius 1 is 1.60 bits per heavy atom. The fourth-order valence-electron chi connectivity index (χ4n) is 1.24. The van der Waals surface area contributed by atoms with Crippen LogP contribution < -0.4 is 0 Å². The standard InChI is InChI=1S/C7H15NS2.CH4O3S/c1-7-6-8(2-4-9)3-5-10-7;1-5(2,3)4/h7,9H,2-6H2,1H3;1H3,(H,2,3,4). The van der Waals surface area contributed by atoms with Crippen molar-refractivity contribution in [3.05, 3.63) is 0 Å². The monoisotopic (exact) mass is 273 g/mol. The van der Waals surface area contributed by atoms with Gasteiger partial charge in [0.1, 0.15) is 0 Å². The summed E-state index contributed by atoms with van der Waals surface area (Å²) < 4.78 is 25.9. The minimum absolute atomic E-state index is 0.715. The maximum absolute atomic E-state index is 9.19. The van der Waals surface area contributed by atoms with Crippen molar-refractivity contribution in [3.8, 4) is 0 Å². The summed E-state index contributed by atoms with van der Waals surface area (Å²) in [5.41, 5.74) is 0. The first-order valence-corrected chi connectivity index (χ1v) is 8.23. The molecule has 0 spiro atoms. The molecule has 1 heterocycles. The van der Waals surface area contributed by atoms with Gasteiger partial charge in [-0.1, -0.05) is 6.92 Å². The summed E-state index contributed by atoms with van der Waals surface area (Å²) in [4.78, 5) is 2.49. The summed E-state index contributed by atoms with van der Waals surface area (Å²) in [7, 11) is -3.67. The zero-order chi connectivity index (χ0) is 11.9. The van der Waals surface area contributed by atoms with Crippen LogP contribution >= 0.6 is 24.4 Å². The summed E-state index contributed by atoms with van der Waals surface area (Å²) in [5.74, 6) is 2.30. The van der Waals surface area contributed by atoms with Crippen molar-refractivity contribution < 1.29 is 13.0 Å². The smallest absolute Gasteiger partial charge is 0.261 e. The number of hydrogen-bond donors (Lipinski definition) is 2. The third kappa shape index (κ3) is 12.5. The van der Waals surface area contributed by atoms with Crippen molar-refractivity contribution >= 4 is 34.5 Å². The highest BCUT2D eigenvalue weighted by molar-refractivity contribution is 7.99. The largest absolute Gasteiger partial charge is 0.301 e. The SMILES string of the molecule is CC1CN(CCS)CCS1.CS(=O)(=O)O. The molecule has 0 aromatic heterocycles. The molecule has 0 aliphatic carbocycles. The minimum atomic E-state index is -3.67. The molecule has 0 radical (unpaired) electrons. The van der Waals surface area contributed by atoms with Crippen LogP contribution in [0.25, 0.3) is 0 Å². The molecule has 1 atom stereocenters. The van der Waals surface area contributed by atoms with E-state index in [9.17, 15) is 8.42 Å². The van der Waals surface area contributed by atoms with Gasteiger partial charge in [0.15, 0.2) is 0 Å². The Morgan fingerprint density at radius 2 is 2.13 bits per heavy atom. The van der Waals surface area contributed by atoms with Crippen LogP contribution in [0.1, 0.15) is 6.92 Å². The molecule has 1 unspecified atom stereocenters. The van der Waals surface area contributed by atoms with E-state index in [1.807, 2.05) is 0 Å². The quantitative estimate of drug-likeness (QED) is 0.577. The highest BCUT2D eigenvalue weighted by Gasteiger charge is 2.14. The first kappa shape index (κ1) is 15.6. The molecule has 7 heteroatoms. The molecule has 0 amide bonds. The predicted molar refractivity (Wildman–Crippen MR) is 69.7 cm³/mol. The molecule has 1 aliphatic rings. The summed E-state index contributed by atoms with van der Waals surface area (Å²) in [6, 6.07) is 0. The molecule has 15 heavy (non-hydrogen) atoms. The zero-order valence-electron chi connectivity index (χ0n) is 9.09. The summed E-state index contributed by atoms with van der Waals surface area (Å²) in [5, 5.41) is 0.827. The first-order valence-electron chi connectivity index (χ1n) is 4.70. The Hall–Kier alpha value is 0.570. The van der Waals surface area contributed by atoms with Crippen LogP contribution in [0.4, 0.5) is 0 Å². The van der Waals surface area contributed by atoms with Gasteiger partial charge in [-0.3, -0.25) is 4.55 Å². The molecule has 1 saturated heterocycles. The van der Waals surface area contributed by atoms with E-state index in [4.69, 9.17) is 4.55 Å². The Balaban J connectivity index is 0.000000336. The Labute approximate surface area is 102 Å². The maximum Gasteiger partial charge on any atom is 0.261 e. The molecule has 1 N–H and O–H groups in total. The van der Waals surface area contributed by atoms with Crippen molar-refractivity contribution in [3.63, 3.8) is 0 Å². The highest BCUT2D eigenvalue weighted by Crippen LogP contribution is 2.17. The van der Waals surface area contributed by atoms with Crippen LogP contribution in [-0.4, -0.2) is 60.5 Å². The molecule has 0 aromatic rings. The van der Waals surface area contributed by atoms with Gasteiger partial charge in [0, 0.05) is 36.4 Å². The fourth-order valence-corrected chi connectivity index (χ4v) is 2.60. The van der Waals surface area contributed by atoms with E-state index < -0.39 is 10.1 Å². The van der Waals surface area contributed by atoms with E-state index >= 15 is 0 Å². The predicted octanol–water partition coefficient (Wildman–Crippen LogP) is 0.857. The van der Waals surface area contributed by atoms with E-state index in [1.54, 1.807) is 0 Å². The van der Waals surface area contributed by atoms with Crippen LogP contribution in [0.15, 0.2) is 0 Å². The second-order valence-electron chi connectivity index (χ2n) is 3.44. The summed E-state index contributed by atoms with van der Waals surface area (Å²) in [6.07, 6.45) is 0.715. The molecule has 92 valence electrons. The normalized spacial score (nSPS) is 23.1. The Kier molecular flexibility index (Phi) is 8.08. The van der Waals surface area contributed by atoms with Crippen LogP contribution in [0.3, 0.4) is 0 Å². The third-order valence-electron chi connectivity index (χ3n) is 1.74. The van der Waals surface area contributed by atoms with Gasteiger partial charge in [0.2, 0.25) is 0 Å². The van der Waals surface area contributed by atoms with E-state index in [2.05, 4.69) is 36.2 Å². The first-order chi connectivity index (χ1) is 6.83. The third-order valence-corrected chi connectivity index (χ3v) is 3.08. The lowest BCUT2D eigenvalue weighted by Crippen LogP contribution is -2.37. The molecular formula is C8H19NO3S3. The van der Waals surface area contributed by atoms with E-state index in [0.717, 1.165) is 17.5 Å². The molecule has 0 bridgehead atoms. The Bertz CT molecular complexity index is 246. The lowest BCUT2D eigenvalue weighted by molar-refractivity contribution is 0.305. The summed E-state index contributed by atoms with van der Waals surface area (Å²) >= 11 is 6.29. The molecule has 1 fully saturated rings. The highest BCUT2D eigenvalue weighted by atomic mass is 32.2. The number of nitrogens with zero attached hydrogens (tertiary/aromatic N) is 1. The molecule has 0 saturated carbocycles. The van der Waals surface area contributed by atoms with Crippen LogP contribution in [0.2, 0.25) is 0 Å². The van der Waals surface area contributed by atoms with Gasteiger partial charge in [0.05, 0.1) is 6.26 Å². The molecule has 0 aromatic carbocycles. The maximum atomic E-state index is 9.19. The van der Waals surface area contributed by atoms with Crippen molar-refractivity contribution in [2.45, 2.75) is 12.2 Å². The van der Waals surface area contributed by atoms with Crippen molar-refractivity contribution in [1.29, 1.82) is 0 Å². The van der Waals surface area contributed by atoms with Gasteiger partial charge in [0.25, 0.3) is 10.1 Å². The lowest BCUT2D eigenvalue weighted by Gasteiger charge is -2.29. The second-order valence-corrected chi connectivity index (χ2v) is 6.90. The van der Waals surface area contributed by atoms with Gasteiger partial charge >= 0.3 is 0 Å². The number of rotatable bonds is 2. The molecule has 4 nitrogen and oxygen atoms in total. The average molecular weight is 273 g/mol. The Morgan fingerprint density at radius 3 is 2.53 bits per heavy atom. The number of thiol groups is 1. The topological polar surface area (TPSA) is 57.6 Å². The lowest BCUT2D eigenvalue weighted by atomic mass is 10.4. The van der Waals surface area contributed by atoms with Gasteiger partial charge in [-0.2, -0.15) is 32.8 Å². The number of thioether (sulfide) groups is 1. The van der Waals surface area contributed by atoms with E-state index in [1.165, 1.54) is 18.8 Å².